The molecule has 1 aromatic heterocycles. The Morgan fingerprint density at radius 1 is 1.10 bits per heavy atom. The Balaban J connectivity index is 2.27. The molecule has 0 saturated carbocycles. The molecule has 2 N–H and O–H groups in total. The van der Waals surface area contributed by atoms with E-state index in [9.17, 15) is 0 Å². The molecule has 0 amide bonds. The van der Waals surface area contributed by atoms with Crippen LogP contribution in [-0.2, 0) is 0 Å². The van der Waals surface area contributed by atoms with Crippen LogP contribution in [0.1, 0.15) is 26.5 Å². The highest BCUT2D eigenvalue weighted by atomic mass is 79.9. The molecule has 1 aromatic carbocycles. The fourth-order valence-corrected chi connectivity index (χ4v) is 2.11. The number of aryl methyl sites for hydroxylation is 1. The summed E-state index contributed by atoms with van der Waals surface area (Å²) in [4.78, 5) is 8.91. The van der Waals surface area contributed by atoms with Gasteiger partial charge >= 0.3 is 0 Å². The molecule has 0 unspecified atom stereocenters. The summed E-state index contributed by atoms with van der Waals surface area (Å²) in [6, 6.07) is 9.87. The van der Waals surface area contributed by atoms with Crippen LogP contribution in [-0.4, -0.2) is 15.5 Å². The Morgan fingerprint density at radius 2 is 1.80 bits per heavy atom. The Kier molecular flexibility index (Phi) is 4.28. The minimum Gasteiger partial charge on any atom is -0.350 e. The maximum atomic E-state index is 4.50. The first kappa shape index (κ1) is 14.8. The fourth-order valence-electron chi connectivity index (χ4n) is 1.72. The second-order valence-corrected chi connectivity index (χ2v) is 6.55. The van der Waals surface area contributed by atoms with E-state index in [1.165, 1.54) is 0 Å². The number of rotatable bonds is 3. The molecule has 1 heterocycles. The van der Waals surface area contributed by atoms with Crippen molar-refractivity contribution in [2.75, 3.05) is 10.6 Å². The molecule has 106 valence electrons. The number of halogens is 1. The number of nitrogens with zero attached hydrogens (tertiary/aromatic N) is 2. The molecule has 0 aliphatic heterocycles. The quantitative estimate of drug-likeness (QED) is 0.867. The number of aromatic nitrogens is 2. The molecule has 2 rings (SSSR count). The van der Waals surface area contributed by atoms with Gasteiger partial charge in [-0.3, -0.25) is 0 Å². The molecule has 4 nitrogen and oxygen atoms in total. The topological polar surface area (TPSA) is 49.8 Å². The van der Waals surface area contributed by atoms with Gasteiger partial charge in [-0.2, -0.15) is 4.98 Å². The summed E-state index contributed by atoms with van der Waals surface area (Å²) in [5.74, 6) is 1.41. The summed E-state index contributed by atoms with van der Waals surface area (Å²) in [6.45, 7) is 8.21. The van der Waals surface area contributed by atoms with Gasteiger partial charge in [0.05, 0.1) is 5.69 Å². The third-order valence-corrected chi connectivity index (χ3v) is 3.17. The average Bonchev–Trinajstić information content (AvgIpc) is 2.29. The molecule has 0 spiro atoms. The van der Waals surface area contributed by atoms with Crippen LogP contribution in [0, 0.1) is 6.92 Å². The smallest absolute Gasteiger partial charge is 0.225 e. The SMILES string of the molecule is Cc1cc(Nc2ccccc2Br)nc(NC(C)(C)C)n1. The molecule has 0 aliphatic rings. The van der Waals surface area contributed by atoms with E-state index in [1.807, 2.05) is 37.3 Å². The summed E-state index contributed by atoms with van der Waals surface area (Å²) in [7, 11) is 0. The van der Waals surface area contributed by atoms with Crippen molar-refractivity contribution in [2.45, 2.75) is 33.2 Å². The Labute approximate surface area is 128 Å². The summed E-state index contributed by atoms with van der Waals surface area (Å²) < 4.78 is 1.00. The summed E-state index contributed by atoms with van der Waals surface area (Å²) in [5, 5.41) is 6.59. The lowest BCUT2D eigenvalue weighted by Crippen LogP contribution is -2.27. The lowest BCUT2D eigenvalue weighted by Gasteiger charge is -2.21. The molecule has 0 bridgehead atoms. The van der Waals surface area contributed by atoms with Crippen LogP contribution in [0.5, 0.6) is 0 Å². The second kappa shape index (κ2) is 5.79. The van der Waals surface area contributed by atoms with Gasteiger partial charge in [-0.25, -0.2) is 4.98 Å². The van der Waals surface area contributed by atoms with Gasteiger partial charge in [0.25, 0.3) is 0 Å². The van der Waals surface area contributed by atoms with E-state index >= 15 is 0 Å². The summed E-state index contributed by atoms with van der Waals surface area (Å²) in [5.41, 5.74) is 1.83. The van der Waals surface area contributed by atoms with Crippen molar-refractivity contribution in [3.8, 4) is 0 Å². The van der Waals surface area contributed by atoms with E-state index in [2.05, 4.69) is 57.3 Å². The standard InChI is InChI=1S/C15H19BrN4/c1-10-9-13(18-12-8-6-5-7-11(12)16)19-14(17-10)20-15(2,3)4/h5-9H,1-4H3,(H2,17,18,19,20). The van der Waals surface area contributed by atoms with Gasteiger partial charge in [-0.05, 0) is 55.8 Å². The van der Waals surface area contributed by atoms with Gasteiger partial charge < -0.3 is 10.6 Å². The van der Waals surface area contributed by atoms with Crippen LogP contribution in [0.3, 0.4) is 0 Å². The van der Waals surface area contributed by atoms with Crippen LogP contribution in [0.4, 0.5) is 17.5 Å². The summed E-state index contributed by atoms with van der Waals surface area (Å²) in [6.07, 6.45) is 0. The minimum absolute atomic E-state index is 0.0710. The lowest BCUT2D eigenvalue weighted by molar-refractivity contribution is 0.625. The molecular weight excluding hydrogens is 316 g/mol. The predicted molar refractivity (Wildman–Crippen MR) is 87.6 cm³/mol. The third-order valence-electron chi connectivity index (χ3n) is 2.48. The first-order chi connectivity index (χ1) is 9.33. The van der Waals surface area contributed by atoms with Crippen LogP contribution < -0.4 is 10.6 Å². The van der Waals surface area contributed by atoms with Gasteiger partial charge in [0.1, 0.15) is 5.82 Å². The highest BCUT2D eigenvalue weighted by Crippen LogP contribution is 2.25. The van der Waals surface area contributed by atoms with Gasteiger partial charge in [0.2, 0.25) is 5.95 Å². The fraction of sp³-hybridized carbons (Fsp3) is 0.333. The maximum absolute atomic E-state index is 4.50. The molecule has 0 radical (unpaired) electrons. The van der Waals surface area contributed by atoms with Gasteiger partial charge in [0, 0.05) is 21.8 Å². The Morgan fingerprint density at radius 3 is 2.45 bits per heavy atom. The van der Waals surface area contributed by atoms with Crippen molar-refractivity contribution in [1.29, 1.82) is 0 Å². The highest BCUT2D eigenvalue weighted by Gasteiger charge is 2.12. The molecule has 0 saturated heterocycles. The Bertz CT molecular complexity index is 605. The van der Waals surface area contributed by atoms with Crippen molar-refractivity contribution in [3.05, 3.63) is 40.5 Å². The number of para-hydroxylation sites is 1. The van der Waals surface area contributed by atoms with Crippen LogP contribution >= 0.6 is 15.9 Å². The number of nitrogens with one attached hydrogen (secondary N) is 2. The number of anilines is 3. The van der Waals surface area contributed by atoms with Crippen molar-refractivity contribution < 1.29 is 0 Å². The van der Waals surface area contributed by atoms with E-state index in [0.717, 1.165) is 21.7 Å². The van der Waals surface area contributed by atoms with E-state index in [-0.39, 0.29) is 5.54 Å². The molecular formula is C15H19BrN4. The molecule has 5 heteroatoms. The third kappa shape index (κ3) is 4.20. The molecule has 20 heavy (non-hydrogen) atoms. The number of hydrogen-bond acceptors (Lipinski definition) is 4. The lowest BCUT2D eigenvalue weighted by atomic mass is 10.1. The predicted octanol–water partition coefficient (Wildman–Crippen LogP) is 4.50. The van der Waals surface area contributed by atoms with E-state index in [4.69, 9.17) is 0 Å². The normalized spacial score (nSPS) is 11.2. The van der Waals surface area contributed by atoms with Gasteiger partial charge in [-0.1, -0.05) is 12.1 Å². The van der Waals surface area contributed by atoms with Crippen molar-refractivity contribution in [2.24, 2.45) is 0 Å². The van der Waals surface area contributed by atoms with Gasteiger partial charge in [0.15, 0.2) is 0 Å². The summed E-state index contributed by atoms with van der Waals surface area (Å²) >= 11 is 3.52. The van der Waals surface area contributed by atoms with Gasteiger partial charge in [-0.15, -0.1) is 0 Å². The second-order valence-electron chi connectivity index (χ2n) is 5.70. The zero-order chi connectivity index (χ0) is 14.8. The molecule has 0 atom stereocenters. The van der Waals surface area contributed by atoms with Crippen LogP contribution in [0.15, 0.2) is 34.8 Å². The first-order valence-corrected chi connectivity index (χ1v) is 7.28. The van der Waals surface area contributed by atoms with Crippen molar-refractivity contribution in [1.82, 2.24) is 9.97 Å². The molecule has 0 fully saturated rings. The molecule has 0 aliphatic carbocycles. The largest absolute Gasteiger partial charge is 0.350 e. The van der Waals surface area contributed by atoms with E-state index in [1.54, 1.807) is 0 Å². The average molecular weight is 335 g/mol. The molecule has 2 aromatic rings. The number of benzene rings is 1. The maximum Gasteiger partial charge on any atom is 0.225 e. The van der Waals surface area contributed by atoms with Crippen molar-refractivity contribution in [3.63, 3.8) is 0 Å². The monoisotopic (exact) mass is 334 g/mol. The minimum atomic E-state index is -0.0710. The first-order valence-electron chi connectivity index (χ1n) is 6.49. The number of hydrogen-bond donors (Lipinski definition) is 2. The Hall–Kier alpha value is -1.62. The van der Waals surface area contributed by atoms with E-state index in [0.29, 0.717) is 5.95 Å². The zero-order valence-corrected chi connectivity index (χ0v) is 13.7. The van der Waals surface area contributed by atoms with E-state index < -0.39 is 0 Å². The zero-order valence-electron chi connectivity index (χ0n) is 12.2. The van der Waals surface area contributed by atoms with Crippen molar-refractivity contribution >= 4 is 33.4 Å². The van der Waals surface area contributed by atoms with Crippen LogP contribution in [0.2, 0.25) is 0 Å². The highest BCUT2D eigenvalue weighted by molar-refractivity contribution is 9.10. The van der Waals surface area contributed by atoms with Crippen LogP contribution in [0.25, 0.3) is 0 Å².